The fraction of sp³-hybridized carbons (Fsp3) is 0.611. The average molecular weight is 304 g/mol. The van der Waals surface area contributed by atoms with E-state index in [1.54, 1.807) is 0 Å². The molecule has 0 aliphatic carbocycles. The summed E-state index contributed by atoms with van der Waals surface area (Å²) in [7, 11) is 0. The van der Waals surface area contributed by atoms with Crippen molar-refractivity contribution < 1.29 is 9.53 Å². The third-order valence-electron chi connectivity index (χ3n) is 4.67. The van der Waals surface area contributed by atoms with E-state index in [9.17, 15) is 4.79 Å². The van der Waals surface area contributed by atoms with Gasteiger partial charge in [-0.3, -0.25) is 4.79 Å². The van der Waals surface area contributed by atoms with E-state index in [4.69, 9.17) is 10.5 Å². The molecule has 22 heavy (non-hydrogen) atoms. The van der Waals surface area contributed by atoms with E-state index in [1.165, 1.54) is 5.56 Å². The second-order valence-corrected chi connectivity index (χ2v) is 6.26. The lowest BCUT2D eigenvalue weighted by Crippen LogP contribution is -2.46. The highest BCUT2D eigenvalue weighted by Crippen LogP contribution is 2.33. The summed E-state index contributed by atoms with van der Waals surface area (Å²) >= 11 is 0. The maximum atomic E-state index is 12.2. The van der Waals surface area contributed by atoms with Crippen molar-refractivity contribution in [2.75, 3.05) is 13.2 Å². The number of ether oxygens (including phenoxy) is 1. The number of hydrogen-bond acceptors (Lipinski definition) is 3. The SMILES string of the molecule is CCC(C)C(N)C(=O)NCC1CCCOC1c1ccccc1. The topological polar surface area (TPSA) is 64.4 Å². The Morgan fingerprint density at radius 3 is 2.82 bits per heavy atom. The van der Waals surface area contributed by atoms with Gasteiger partial charge in [0.25, 0.3) is 0 Å². The minimum Gasteiger partial charge on any atom is -0.373 e. The van der Waals surface area contributed by atoms with Crippen LogP contribution in [0.5, 0.6) is 0 Å². The Hall–Kier alpha value is -1.39. The molecule has 4 atom stereocenters. The smallest absolute Gasteiger partial charge is 0.237 e. The van der Waals surface area contributed by atoms with Crippen LogP contribution >= 0.6 is 0 Å². The van der Waals surface area contributed by atoms with E-state index in [1.807, 2.05) is 25.1 Å². The van der Waals surface area contributed by atoms with Gasteiger partial charge < -0.3 is 15.8 Å². The van der Waals surface area contributed by atoms with Crippen molar-refractivity contribution >= 4 is 5.91 Å². The number of amides is 1. The van der Waals surface area contributed by atoms with E-state index in [0.717, 1.165) is 25.9 Å². The summed E-state index contributed by atoms with van der Waals surface area (Å²) in [6.45, 7) is 5.48. The maximum Gasteiger partial charge on any atom is 0.237 e. The molecule has 0 bridgehead atoms. The third-order valence-corrected chi connectivity index (χ3v) is 4.67. The first-order valence-corrected chi connectivity index (χ1v) is 8.33. The Bertz CT molecular complexity index is 463. The Kier molecular flexibility index (Phi) is 6.40. The van der Waals surface area contributed by atoms with Gasteiger partial charge in [-0.15, -0.1) is 0 Å². The van der Waals surface area contributed by atoms with Crippen molar-refractivity contribution in [1.82, 2.24) is 5.32 Å². The molecule has 0 spiro atoms. The summed E-state index contributed by atoms with van der Waals surface area (Å²) in [6.07, 6.45) is 3.09. The lowest BCUT2D eigenvalue weighted by Gasteiger charge is -2.32. The molecule has 1 amide bonds. The minimum absolute atomic E-state index is 0.0493. The quantitative estimate of drug-likeness (QED) is 0.849. The molecule has 1 heterocycles. The Labute approximate surface area is 133 Å². The molecule has 1 aromatic rings. The van der Waals surface area contributed by atoms with Crippen LogP contribution in [0.15, 0.2) is 30.3 Å². The predicted octanol–water partition coefficient (Wildman–Crippen LogP) is 2.64. The standard InChI is InChI=1S/C18H28N2O2/c1-3-13(2)16(19)18(21)20-12-15-10-7-11-22-17(15)14-8-5-4-6-9-14/h4-6,8-9,13,15-17H,3,7,10-12,19H2,1-2H3,(H,20,21). The molecule has 4 unspecified atom stereocenters. The number of hydrogen-bond donors (Lipinski definition) is 2. The highest BCUT2D eigenvalue weighted by Gasteiger charge is 2.28. The fourth-order valence-electron chi connectivity index (χ4n) is 2.93. The van der Waals surface area contributed by atoms with Crippen LogP contribution in [-0.2, 0) is 9.53 Å². The molecule has 1 aliphatic heterocycles. The molecular formula is C18H28N2O2. The largest absolute Gasteiger partial charge is 0.373 e. The van der Waals surface area contributed by atoms with Gasteiger partial charge in [0.2, 0.25) is 5.91 Å². The second kappa shape index (κ2) is 8.30. The number of benzene rings is 1. The van der Waals surface area contributed by atoms with Crippen LogP contribution in [0, 0.1) is 11.8 Å². The first-order valence-electron chi connectivity index (χ1n) is 8.33. The molecule has 4 heteroatoms. The van der Waals surface area contributed by atoms with Gasteiger partial charge in [-0.1, -0.05) is 50.6 Å². The van der Waals surface area contributed by atoms with Gasteiger partial charge >= 0.3 is 0 Å². The van der Waals surface area contributed by atoms with E-state index >= 15 is 0 Å². The van der Waals surface area contributed by atoms with Crippen molar-refractivity contribution in [2.24, 2.45) is 17.6 Å². The molecule has 0 aromatic heterocycles. The van der Waals surface area contributed by atoms with Crippen LogP contribution in [0.25, 0.3) is 0 Å². The molecule has 0 saturated carbocycles. The number of carbonyl (C=O) groups is 1. The highest BCUT2D eigenvalue weighted by atomic mass is 16.5. The van der Waals surface area contributed by atoms with Gasteiger partial charge in [0.1, 0.15) is 0 Å². The molecular weight excluding hydrogens is 276 g/mol. The fourth-order valence-corrected chi connectivity index (χ4v) is 2.93. The number of carbonyl (C=O) groups excluding carboxylic acids is 1. The van der Waals surface area contributed by atoms with Gasteiger partial charge in [-0.25, -0.2) is 0 Å². The summed E-state index contributed by atoms with van der Waals surface area (Å²) in [5, 5.41) is 3.02. The van der Waals surface area contributed by atoms with E-state index in [0.29, 0.717) is 12.5 Å². The summed E-state index contributed by atoms with van der Waals surface area (Å²) in [6, 6.07) is 9.83. The first kappa shape index (κ1) is 17.0. The Morgan fingerprint density at radius 2 is 2.14 bits per heavy atom. The van der Waals surface area contributed by atoms with Crippen molar-refractivity contribution in [3.63, 3.8) is 0 Å². The van der Waals surface area contributed by atoms with Crippen molar-refractivity contribution in [3.8, 4) is 0 Å². The van der Waals surface area contributed by atoms with Crippen molar-refractivity contribution in [2.45, 2.75) is 45.3 Å². The van der Waals surface area contributed by atoms with Gasteiger partial charge in [-0.05, 0) is 24.3 Å². The second-order valence-electron chi connectivity index (χ2n) is 6.26. The third kappa shape index (κ3) is 4.31. The zero-order chi connectivity index (χ0) is 15.9. The molecule has 4 nitrogen and oxygen atoms in total. The summed E-state index contributed by atoms with van der Waals surface area (Å²) in [5.74, 6) is 0.462. The zero-order valence-electron chi connectivity index (χ0n) is 13.6. The van der Waals surface area contributed by atoms with Gasteiger partial charge in [0, 0.05) is 19.1 Å². The van der Waals surface area contributed by atoms with Gasteiger partial charge in [0.15, 0.2) is 0 Å². The van der Waals surface area contributed by atoms with Crippen molar-refractivity contribution in [3.05, 3.63) is 35.9 Å². The Morgan fingerprint density at radius 1 is 1.41 bits per heavy atom. The normalized spacial score (nSPS) is 24.5. The minimum atomic E-state index is -0.426. The summed E-state index contributed by atoms with van der Waals surface area (Å²) in [4.78, 5) is 12.2. The lowest BCUT2D eigenvalue weighted by molar-refractivity contribution is -0.124. The van der Waals surface area contributed by atoms with Crippen LogP contribution in [0.4, 0.5) is 0 Å². The molecule has 2 rings (SSSR count). The Balaban J connectivity index is 1.93. The number of rotatable bonds is 6. The van der Waals surface area contributed by atoms with Crippen LogP contribution in [0.3, 0.4) is 0 Å². The number of nitrogens with two attached hydrogens (primary N) is 1. The van der Waals surface area contributed by atoms with E-state index < -0.39 is 6.04 Å². The first-order chi connectivity index (χ1) is 10.6. The molecule has 122 valence electrons. The molecule has 1 aliphatic rings. The van der Waals surface area contributed by atoms with E-state index in [2.05, 4.69) is 24.4 Å². The predicted molar refractivity (Wildman–Crippen MR) is 88.3 cm³/mol. The monoisotopic (exact) mass is 304 g/mol. The van der Waals surface area contributed by atoms with Crippen LogP contribution < -0.4 is 11.1 Å². The van der Waals surface area contributed by atoms with Crippen LogP contribution in [0.1, 0.15) is 44.8 Å². The van der Waals surface area contributed by atoms with Gasteiger partial charge in [-0.2, -0.15) is 0 Å². The molecule has 1 fully saturated rings. The van der Waals surface area contributed by atoms with Crippen LogP contribution in [-0.4, -0.2) is 25.1 Å². The molecule has 1 aromatic carbocycles. The van der Waals surface area contributed by atoms with E-state index in [-0.39, 0.29) is 17.9 Å². The molecule has 3 N–H and O–H groups in total. The lowest BCUT2D eigenvalue weighted by atomic mass is 9.89. The number of nitrogens with one attached hydrogen (secondary N) is 1. The molecule has 1 saturated heterocycles. The summed E-state index contributed by atoms with van der Waals surface area (Å²) in [5.41, 5.74) is 7.18. The highest BCUT2D eigenvalue weighted by molar-refractivity contribution is 5.81. The van der Waals surface area contributed by atoms with Crippen molar-refractivity contribution in [1.29, 1.82) is 0 Å². The average Bonchev–Trinajstić information content (AvgIpc) is 2.59. The summed E-state index contributed by atoms with van der Waals surface area (Å²) < 4.78 is 5.96. The molecule has 0 radical (unpaired) electrons. The van der Waals surface area contributed by atoms with Crippen LogP contribution in [0.2, 0.25) is 0 Å². The zero-order valence-corrected chi connectivity index (χ0v) is 13.6. The maximum absolute atomic E-state index is 12.2. The van der Waals surface area contributed by atoms with Gasteiger partial charge in [0.05, 0.1) is 12.1 Å².